The molecule has 13 aromatic rings. The Morgan fingerprint density at radius 2 is 0.652 bits per heavy atom. The highest BCUT2D eigenvalue weighted by Gasteiger charge is 2.29. The molecule has 4 aromatic heterocycles. The van der Waals surface area contributed by atoms with Crippen LogP contribution in [-0.4, -0.2) is 18.3 Å². The van der Waals surface area contributed by atoms with E-state index >= 15 is 0 Å². The van der Waals surface area contributed by atoms with Crippen LogP contribution in [0.5, 0.6) is 0 Å². The molecule has 0 radical (unpaired) electrons. The fourth-order valence-electron chi connectivity index (χ4n) is 11.2. The van der Waals surface area contributed by atoms with Gasteiger partial charge < -0.3 is 18.3 Å². The number of nitrogens with zero attached hydrogens (tertiary/aromatic N) is 4. The third kappa shape index (κ3) is 5.56. The van der Waals surface area contributed by atoms with E-state index in [1.165, 1.54) is 65.5 Å². The standard InChI is InChI=1S/C62H42N4/c1-3-35-63-53-29-17-13-25-47(53)59-58(44-32-34-56-50(38-44)46-24-12-16-28-52(46)66(56)40-42-21-9-6-10-22-42)62-60(48-26-14-18-30-54(48)64(62)36-4-2)57(61(59)63)43-31-33-55-49(37-43)45-23-11-15-27-51(45)65(55)39-41-19-7-5-8-20-41/h1-2,5-34,37-38H,35-36,39-40H2. The van der Waals surface area contributed by atoms with Gasteiger partial charge in [0.2, 0.25) is 0 Å². The van der Waals surface area contributed by atoms with Gasteiger partial charge in [0, 0.05) is 89.4 Å². The lowest BCUT2D eigenvalue weighted by Gasteiger charge is -2.18. The predicted octanol–water partition coefficient (Wildman–Crippen LogP) is 14.8. The smallest absolute Gasteiger partial charge is 0.0841 e. The maximum atomic E-state index is 6.36. The minimum atomic E-state index is 0.412. The van der Waals surface area contributed by atoms with Crippen molar-refractivity contribution in [1.29, 1.82) is 0 Å². The second kappa shape index (κ2) is 15.0. The van der Waals surface area contributed by atoms with E-state index in [1.54, 1.807) is 0 Å². The van der Waals surface area contributed by atoms with Crippen molar-refractivity contribution in [3.05, 3.63) is 205 Å². The summed E-state index contributed by atoms with van der Waals surface area (Å²) >= 11 is 0. The molecule has 0 atom stereocenters. The van der Waals surface area contributed by atoms with Crippen molar-refractivity contribution in [2.75, 3.05) is 0 Å². The third-order valence-corrected chi connectivity index (χ3v) is 13.9. The molecule has 9 aromatic carbocycles. The van der Waals surface area contributed by atoms with E-state index < -0.39 is 0 Å². The van der Waals surface area contributed by atoms with Gasteiger partial charge >= 0.3 is 0 Å². The molecule has 0 amide bonds. The molecular weight excluding hydrogens is 801 g/mol. The molecule has 0 saturated carbocycles. The molecule has 0 N–H and O–H groups in total. The van der Waals surface area contributed by atoms with Gasteiger partial charge in [-0.15, -0.1) is 12.8 Å². The van der Waals surface area contributed by atoms with Crippen LogP contribution >= 0.6 is 0 Å². The average molecular weight is 843 g/mol. The first-order valence-electron chi connectivity index (χ1n) is 22.7. The van der Waals surface area contributed by atoms with Gasteiger partial charge in [-0.05, 0) is 70.8 Å². The second-order valence-electron chi connectivity index (χ2n) is 17.5. The summed E-state index contributed by atoms with van der Waals surface area (Å²) in [6, 6.07) is 70.8. The molecule has 4 nitrogen and oxygen atoms in total. The molecule has 310 valence electrons. The monoisotopic (exact) mass is 842 g/mol. The van der Waals surface area contributed by atoms with E-state index in [2.05, 4.69) is 224 Å². The van der Waals surface area contributed by atoms with Crippen LogP contribution in [0.4, 0.5) is 0 Å². The number of para-hydroxylation sites is 4. The number of fused-ring (bicyclic) bond motifs is 12. The van der Waals surface area contributed by atoms with Gasteiger partial charge in [-0.3, -0.25) is 0 Å². The Morgan fingerprint density at radius 3 is 1.05 bits per heavy atom. The molecule has 0 saturated heterocycles. The molecule has 4 heterocycles. The van der Waals surface area contributed by atoms with Crippen molar-refractivity contribution in [2.24, 2.45) is 0 Å². The first-order chi connectivity index (χ1) is 32.7. The molecule has 0 aliphatic heterocycles. The molecule has 0 aliphatic rings. The second-order valence-corrected chi connectivity index (χ2v) is 17.5. The van der Waals surface area contributed by atoms with Crippen LogP contribution < -0.4 is 0 Å². The number of benzene rings is 9. The zero-order valence-electron chi connectivity index (χ0n) is 36.2. The minimum Gasteiger partial charge on any atom is -0.336 e. The third-order valence-electron chi connectivity index (χ3n) is 13.9. The summed E-state index contributed by atoms with van der Waals surface area (Å²) in [6.45, 7) is 2.38. The van der Waals surface area contributed by atoms with E-state index in [-0.39, 0.29) is 0 Å². The Labute approximate surface area is 382 Å². The van der Waals surface area contributed by atoms with E-state index in [0.29, 0.717) is 13.1 Å². The number of terminal acetylenes is 2. The highest BCUT2D eigenvalue weighted by molar-refractivity contribution is 6.33. The predicted molar refractivity (Wildman–Crippen MR) is 278 cm³/mol. The van der Waals surface area contributed by atoms with Gasteiger partial charge in [0.25, 0.3) is 0 Å². The van der Waals surface area contributed by atoms with Crippen molar-refractivity contribution in [3.8, 4) is 46.9 Å². The molecule has 0 unspecified atom stereocenters. The summed E-state index contributed by atoms with van der Waals surface area (Å²) < 4.78 is 9.67. The highest BCUT2D eigenvalue weighted by Crippen LogP contribution is 2.52. The van der Waals surface area contributed by atoms with Crippen LogP contribution in [0.25, 0.3) is 109 Å². The average Bonchev–Trinajstić information content (AvgIpc) is 4.07. The quantitative estimate of drug-likeness (QED) is 0.136. The molecule has 66 heavy (non-hydrogen) atoms. The van der Waals surface area contributed by atoms with Gasteiger partial charge in [-0.1, -0.05) is 157 Å². The van der Waals surface area contributed by atoms with Crippen LogP contribution in [0.2, 0.25) is 0 Å². The fraction of sp³-hybridized carbons (Fsp3) is 0.0645. The molecule has 0 aliphatic carbocycles. The summed E-state index contributed by atoms with van der Waals surface area (Å²) in [4.78, 5) is 0. The van der Waals surface area contributed by atoms with Crippen molar-refractivity contribution >= 4 is 87.2 Å². The van der Waals surface area contributed by atoms with Crippen molar-refractivity contribution < 1.29 is 0 Å². The Hall–Kier alpha value is -8.70. The fourth-order valence-corrected chi connectivity index (χ4v) is 11.2. The molecule has 4 heteroatoms. The zero-order valence-corrected chi connectivity index (χ0v) is 36.2. The Bertz CT molecular complexity index is 3900. The van der Waals surface area contributed by atoms with Crippen LogP contribution in [0.15, 0.2) is 194 Å². The summed E-state index contributed by atoms with van der Waals surface area (Å²) in [6.07, 6.45) is 12.7. The number of aromatic nitrogens is 4. The van der Waals surface area contributed by atoms with Crippen LogP contribution in [-0.2, 0) is 26.2 Å². The Morgan fingerprint density at radius 1 is 0.318 bits per heavy atom. The molecular formula is C62H42N4. The molecule has 0 fully saturated rings. The lowest BCUT2D eigenvalue weighted by molar-refractivity contribution is 0.869. The largest absolute Gasteiger partial charge is 0.336 e. The lowest BCUT2D eigenvalue weighted by atomic mass is 9.89. The lowest BCUT2D eigenvalue weighted by Crippen LogP contribution is -2.01. The van der Waals surface area contributed by atoms with Gasteiger partial charge in [0.15, 0.2) is 0 Å². The van der Waals surface area contributed by atoms with E-state index in [9.17, 15) is 0 Å². The normalized spacial score (nSPS) is 11.8. The van der Waals surface area contributed by atoms with Gasteiger partial charge in [0.05, 0.1) is 35.2 Å². The number of rotatable bonds is 8. The van der Waals surface area contributed by atoms with Crippen molar-refractivity contribution in [3.63, 3.8) is 0 Å². The zero-order chi connectivity index (χ0) is 43.9. The van der Waals surface area contributed by atoms with Crippen LogP contribution in [0.3, 0.4) is 0 Å². The van der Waals surface area contributed by atoms with Gasteiger partial charge in [-0.25, -0.2) is 0 Å². The maximum absolute atomic E-state index is 6.36. The van der Waals surface area contributed by atoms with Gasteiger partial charge in [0.1, 0.15) is 0 Å². The summed E-state index contributed by atoms with van der Waals surface area (Å²) in [5.41, 5.74) is 16.4. The minimum absolute atomic E-state index is 0.412. The number of hydrogen-bond acceptors (Lipinski definition) is 0. The van der Waals surface area contributed by atoms with Gasteiger partial charge in [-0.2, -0.15) is 0 Å². The first-order valence-corrected chi connectivity index (χ1v) is 22.7. The molecule has 13 rings (SSSR count). The summed E-state index contributed by atoms with van der Waals surface area (Å²) in [5, 5.41) is 9.55. The van der Waals surface area contributed by atoms with E-state index in [0.717, 1.165) is 68.2 Å². The Balaban J connectivity index is 1.18. The first kappa shape index (κ1) is 37.8. The SMILES string of the molecule is C#CCn1c2ccccc2c2c(-c3ccc4c(c3)c3ccccc3n4Cc3ccccc3)c3c(c(-c4ccc5c(c4)c4ccccc4n5Cc4ccccc4)c21)c1ccccc1n3CC#C. The maximum Gasteiger partial charge on any atom is 0.0841 e. The highest BCUT2D eigenvalue weighted by atomic mass is 15.0. The van der Waals surface area contributed by atoms with Crippen LogP contribution in [0, 0.1) is 24.7 Å². The van der Waals surface area contributed by atoms with Crippen molar-refractivity contribution in [2.45, 2.75) is 26.2 Å². The van der Waals surface area contributed by atoms with E-state index in [1.807, 2.05) is 0 Å². The van der Waals surface area contributed by atoms with Crippen LogP contribution in [0.1, 0.15) is 11.1 Å². The Kier molecular flexibility index (Phi) is 8.57. The van der Waals surface area contributed by atoms with E-state index in [4.69, 9.17) is 12.8 Å². The number of hydrogen-bond donors (Lipinski definition) is 0. The topological polar surface area (TPSA) is 19.7 Å². The summed E-state index contributed by atoms with van der Waals surface area (Å²) in [7, 11) is 0. The molecule has 0 bridgehead atoms. The van der Waals surface area contributed by atoms with Crippen molar-refractivity contribution in [1.82, 2.24) is 18.3 Å². The summed E-state index contributed by atoms with van der Waals surface area (Å²) in [5.74, 6) is 6.15. The molecule has 0 spiro atoms.